The van der Waals surface area contributed by atoms with Crippen molar-refractivity contribution in [3.8, 4) is 11.5 Å². The van der Waals surface area contributed by atoms with Gasteiger partial charge in [-0.1, -0.05) is 59.6 Å². The van der Waals surface area contributed by atoms with E-state index in [0.29, 0.717) is 87.3 Å². The summed E-state index contributed by atoms with van der Waals surface area (Å²) in [4.78, 5) is 31.9. The first-order valence-electron chi connectivity index (χ1n) is 33.2. The minimum absolute atomic E-state index is 0.0898. The second-order valence-corrected chi connectivity index (χ2v) is 32.1. The molecule has 4 aliphatic heterocycles. The fourth-order valence-corrected chi connectivity index (χ4v) is 19.1. The number of nitrogens with zero attached hydrogens (tertiary/aromatic N) is 6. The topological polar surface area (TPSA) is 270 Å². The first-order chi connectivity index (χ1) is 45.2. The van der Waals surface area contributed by atoms with Crippen LogP contribution in [0.1, 0.15) is 156 Å². The molecule has 0 unspecified atom stereocenters. The van der Waals surface area contributed by atoms with Gasteiger partial charge in [0, 0.05) is 84.9 Å². The molecule has 20 nitrogen and oxygen atoms in total. The van der Waals surface area contributed by atoms with E-state index in [1.165, 1.54) is 22.3 Å². The zero-order valence-electron chi connectivity index (χ0n) is 53.1. The number of aliphatic hydroxyl groups is 2. The third-order valence-corrected chi connectivity index (χ3v) is 25.3. The maximum Gasteiger partial charge on any atom is 0.264 e. The van der Waals surface area contributed by atoms with Gasteiger partial charge < -0.3 is 38.3 Å². The molecular weight excluding hydrogens is 1280 g/mol. The van der Waals surface area contributed by atoms with Gasteiger partial charge in [-0.25, -0.2) is 26.3 Å². The lowest BCUT2D eigenvalue weighted by Gasteiger charge is -2.45. The number of hydrogen-bond acceptors (Lipinski definition) is 18. The van der Waals surface area contributed by atoms with E-state index in [1.807, 2.05) is 36.4 Å². The fourth-order valence-electron chi connectivity index (χ4n) is 15.8. The molecule has 6 aromatic rings. The van der Waals surface area contributed by atoms with Gasteiger partial charge in [0.2, 0.25) is 43.6 Å². The number of aromatic nitrogens is 4. The van der Waals surface area contributed by atoms with Gasteiger partial charge in [-0.05, 0) is 209 Å². The summed E-state index contributed by atoms with van der Waals surface area (Å²) in [7, 11) is -8.15. The molecule has 6 heterocycles. The van der Waals surface area contributed by atoms with Crippen molar-refractivity contribution >= 4 is 66.4 Å². The van der Waals surface area contributed by atoms with Crippen molar-refractivity contribution in [3.63, 3.8) is 0 Å². The number of halogens is 2. The van der Waals surface area contributed by atoms with Crippen molar-refractivity contribution in [3.05, 3.63) is 164 Å². The van der Waals surface area contributed by atoms with E-state index in [0.717, 1.165) is 85.6 Å². The Morgan fingerprint density at radius 2 is 1.01 bits per heavy atom. The molecule has 2 aromatic heterocycles. The normalized spacial score (nSPS) is 29.4. The quantitative estimate of drug-likeness (QED) is 0.113. The molecule has 4 aromatic carbocycles. The van der Waals surface area contributed by atoms with Crippen LogP contribution in [0.15, 0.2) is 106 Å². The summed E-state index contributed by atoms with van der Waals surface area (Å²) in [5, 5.41) is 37.8. The third-order valence-electron chi connectivity index (χ3n) is 21.2. The Bertz CT molecular complexity index is 3850. The Morgan fingerprint density at radius 3 is 1.40 bits per heavy atom. The Hall–Kier alpha value is -6.82. The Kier molecular flexibility index (Phi) is 19.2. The van der Waals surface area contributed by atoms with Crippen LogP contribution >= 0.6 is 23.2 Å². The van der Waals surface area contributed by atoms with Gasteiger partial charge in [0.15, 0.2) is 0 Å². The van der Waals surface area contributed by atoms with Crippen LogP contribution < -0.4 is 28.7 Å². The van der Waals surface area contributed by atoms with E-state index >= 15 is 0 Å². The highest BCUT2D eigenvalue weighted by Gasteiger charge is 2.47. The van der Waals surface area contributed by atoms with Gasteiger partial charge in [-0.3, -0.25) is 9.59 Å². The highest BCUT2D eigenvalue weighted by molar-refractivity contribution is 7.91. The average molecular weight is 1360 g/mol. The number of carbonyl (C=O) groups excluding carboxylic acids is 2. The van der Waals surface area contributed by atoms with Gasteiger partial charge in [-0.2, -0.15) is 0 Å². The SMILES string of the molecule is Cc1nnc(CC[C@@H]2CC/C=C/[C@H](O)[C@@H]3CC[C@H]3CN3C[C@@]4(CCCc5cc(Cl)ccc54)COc4ccc(cc43)C(=O)NS2(=O)=O)o1.Cc1nnc(CC[C@H]2CC/C=C/[C@H](O)[C@@H]3CC[C@H]3CN3C[C@@]4(CCCc5cc(Cl)ccc54)COc4ccc(cc43)C(=O)NS2(=O)=O)o1. The number of aryl methyl sites for hydroxylation is 6. The summed E-state index contributed by atoms with van der Waals surface area (Å²) < 4.78 is 83.5. The zero-order chi connectivity index (χ0) is 65.5. The van der Waals surface area contributed by atoms with Crippen LogP contribution in [-0.4, -0.2) is 121 Å². The first kappa shape index (κ1) is 65.8. The molecule has 2 amide bonds. The van der Waals surface area contributed by atoms with Gasteiger partial charge in [-0.15, -0.1) is 20.4 Å². The van der Waals surface area contributed by atoms with Crippen LogP contribution in [0.4, 0.5) is 11.4 Å². The summed E-state index contributed by atoms with van der Waals surface area (Å²) >= 11 is 12.8. The standard InChI is InChI=1S/2C35H41ClN4O6S/c2*1-22-37-38-33(46-22)15-11-27-6-2-3-7-31(41)28-12-8-25(28)19-40-20-35(16-4-5-23-17-26(36)10-13-29(23)35)21-45-32-14-9-24(18-30(32)40)34(42)39-47(27,43)44/h2*3,7,9-10,13-14,17-18,25,27-28,31,41H,2,4-6,8,11-12,15-16,19-21H2,1H3,(H,39,42)/b2*7-3+/t25-,27+,28+,31-,35-;25-,27-,28+,31-,35-/m00/s1. The summed E-state index contributed by atoms with van der Waals surface area (Å²) in [5.74, 6) is 2.17. The summed E-state index contributed by atoms with van der Waals surface area (Å²) in [6, 6.07) is 22.6. The highest BCUT2D eigenvalue weighted by Crippen LogP contribution is 2.49. The number of rotatable bonds is 6. The lowest BCUT2D eigenvalue weighted by Crippen LogP contribution is -2.49. The summed E-state index contributed by atoms with van der Waals surface area (Å²) in [6.07, 6.45) is 18.1. The minimum Gasteiger partial charge on any atom is -0.490 e. The second kappa shape index (κ2) is 27.4. The molecule has 2 fully saturated rings. The van der Waals surface area contributed by atoms with E-state index in [1.54, 1.807) is 50.2 Å². The van der Waals surface area contributed by atoms with Crippen molar-refractivity contribution in [2.45, 2.75) is 163 Å². The summed E-state index contributed by atoms with van der Waals surface area (Å²) in [5.41, 5.74) is 6.41. The van der Waals surface area contributed by atoms with Crippen molar-refractivity contribution in [2.75, 3.05) is 49.2 Å². The number of ether oxygens (including phenoxy) is 2. The molecule has 14 rings (SSSR count). The maximum absolute atomic E-state index is 13.7. The predicted octanol–water partition coefficient (Wildman–Crippen LogP) is 10.6. The molecule has 0 saturated heterocycles. The monoisotopic (exact) mass is 1360 g/mol. The number of aliphatic hydroxyl groups excluding tert-OH is 2. The molecule has 4 aliphatic carbocycles. The van der Waals surface area contributed by atoms with Crippen LogP contribution in [-0.2, 0) is 56.6 Å². The fraction of sp³-hybridized carbons (Fsp3) is 0.514. The molecule has 2 spiro atoms. The number of hydrogen-bond donors (Lipinski definition) is 4. The van der Waals surface area contributed by atoms with Gasteiger partial charge in [0.05, 0.1) is 47.3 Å². The molecule has 0 radical (unpaired) electrons. The first-order valence-corrected chi connectivity index (χ1v) is 37.1. The largest absolute Gasteiger partial charge is 0.490 e. The summed E-state index contributed by atoms with van der Waals surface area (Å²) in [6.45, 7) is 7.04. The molecule has 8 aliphatic rings. The lowest BCUT2D eigenvalue weighted by atomic mass is 9.68. The second-order valence-electron chi connectivity index (χ2n) is 27.3. The minimum atomic E-state index is -4.08. The molecule has 94 heavy (non-hydrogen) atoms. The van der Waals surface area contributed by atoms with E-state index in [2.05, 4.69) is 63.9 Å². The van der Waals surface area contributed by atoms with Crippen LogP contribution in [0, 0.1) is 37.5 Å². The molecule has 4 N–H and O–H groups in total. The van der Waals surface area contributed by atoms with Crippen molar-refractivity contribution in [1.29, 1.82) is 0 Å². The number of amides is 2. The Morgan fingerprint density at radius 1 is 0.574 bits per heavy atom. The zero-order valence-corrected chi connectivity index (χ0v) is 56.2. The van der Waals surface area contributed by atoms with Crippen LogP contribution in [0.2, 0.25) is 10.0 Å². The number of carbonyl (C=O) groups is 2. The Labute approximate surface area is 559 Å². The smallest absolute Gasteiger partial charge is 0.264 e. The molecule has 500 valence electrons. The number of benzene rings is 4. The highest BCUT2D eigenvalue weighted by atomic mass is 35.5. The lowest BCUT2D eigenvalue weighted by molar-refractivity contribution is 0.0454. The average Bonchev–Trinajstić information content (AvgIpc) is 1.45. The van der Waals surface area contributed by atoms with Gasteiger partial charge in [0.25, 0.3) is 11.8 Å². The number of anilines is 2. The third kappa shape index (κ3) is 14.1. The number of allylic oxidation sites excluding steroid dienone is 2. The van der Waals surface area contributed by atoms with Crippen LogP contribution in [0.5, 0.6) is 11.5 Å². The number of nitrogens with one attached hydrogen (secondary N) is 2. The van der Waals surface area contributed by atoms with Crippen molar-refractivity contribution in [2.24, 2.45) is 23.7 Å². The molecule has 10 atom stereocenters. The number of sulfonamides is 2. The molecule has 4 bridgehead atoms. The van der Waals surface area contributed by atoms with Crippen LogP contribution in [0.25, 0.3) is 0 Å². The van der Waals surface area contributed by atoms with Gasteiger partial charge in [0.1, 0.15) is 11.5 Å². The van der Waals surface area contributed by atoms with E-state index < -0.39 is 54.6 Å². The maximum atomic E-state index is 13.7. The van der Waals surface area contributed by atoms with Crippen molar-refractivity contribution in [1.82, 2.24) is 29.8 Å². The van der Waals surface area contributed by atoms with Gasteiger partial charge >= 0.3 is 0 Å². The van der Waals surface area contributed by atoms with E-state index in [4.69, 9.17) is 41.5 Å². The predicted molar refractivity (Wildman–Crippen MR) is 357 cm³/mol. The van der Waals surface area contributed by atoms with E-state index in [-0.39, 0.29) is 84.2 Å². The molecule has 2 saturated carbocycles. The van der Waals surface area contributed by atoms with Crippen molar-refractivity contribution < 1.29 is 54.9 Å². The molecule has 24 heteroatoms. The molecular formula is C70H82Cl2N8O12S2. The Balaban J connectivity index is 0.000000171. The van der Waals surface area contributed by atoms with Crippen LogP contribution in [0.3, 0.4) is 0 Å². The van der Waals surface area contributed by atoms with E-state index in [9.17, 15) is 36.6 Å². The number of fused-ring (bicyclic) bond motifs is 8.